The maximum Gasteiger partial charge on any atom is 0.309 e. The second-order valence-corrected chi connectivity index (χ2v) is 7.66. The van der Waals surface area contributed by atoms with E-state index in [9.17, 15) is 18.0 Å². The number of aliphatic hydroxyl groups excluding tert-OH is 1. The SMILES string of the molecule is O=C(NCCCO)C(=O)NC[C@H]1CCCN1S(=O)(=O)c1ccccc1. The topological polar surface area (TPSA) is 116 Å². The summed E-state index contributed by atoms with van der Waals surface area (Å²) in [4.78, 5) is 23.6. The molecular weight excluding hydrogens is 346 g/mol. The number of carbonyl (C=O) groups is 2. The number of rotatable bonds is 7. The molecule has 0 aliphatic carbocycles. The second-order valence-electron chi connectivity index (χ2n) is 5.77. The summed E-state index contributed by atoms with van der Waals surface area (Å²) in [6.07, 6.45) is 1.69. The molecule has 1 aromatic rings. The van der Waals surface area contributed by atoms with E-state index in [0.29, 0.717) is 25.8 Å². The zero-order chi connectivity index (χ0) is 18.3. The Morgan fingerprint density at radius 1 is 1.16 bits per heavy atom. The van der Waals surface area contributed by atoms with Crippen molar-refractivity contribution in [2.75, 3.05) is 26.2 Å². The maximum atomic E-state index is 12.7. The number of sulfonamides is 1. The van der Waals surface area contributed by atoms with Gasteiger partial charge < -0.3 is 15.7 Å². The van der Waals surface area contributed by atoms with Crippen LogP contribution in [0.15, 0.2) is 35.2 Å². The molecule has 2 rings (SSSR count). The van der Waals surface area contributed by atoms with E-state index < -0.39 is 21.8 Å². The molecule has 0 unspecified atom stereocenters. The third-order valence-corrected chi connectivity index (χ3v) is 5.96. The van der Waals surface area contributed by atoms with Gasteiger partial charge in [-0.25, -0.2) is 8.42 Å². The van der Waals surface area contributed by atoms with Crippen LogP contribution in [0.1, 0.15) is 19.3 Å². The van der Waals surface area contributed by atoms with E-state index in [1.54, 1.807) is 18.2 Å². The van der Waals surface area contributed by atoms with Gasteiger partial charge in [0.1, 0.15) is 0 Å². The fraction of sp³-hybridized carbons (Fsp3) is 0.500. The molecule has 0 spiro atoms. The first-order chi connectivity index (χ1) is 12.0. The van der Waals surface area contributed by atoms with E-state index in [4.69, 9.17) is 5.11 Å². The molecule has 138 valence electrons. The molecular formula is C16H23N3O5S. The fourth-order valence-corrected chi connectivity index (χ4v) is 4.42. The summed E-state index contributed by atoms with van der Waals surface area (Å²) in [6.45, 7) is 0.607. The highest BCUT2D eigenvalue weighted by atomic mass is 32.2. The number of amides is 2. The van der Waals surface area contributed by atoms with E-state index in [0.717, 1.165) is 0 Å². The lowest BCUT2D eigenvalue weighted by molar-refractivity contribution is -0.139. The quantitative estimate of drug-likeness (QED) is 0.441. The molecule has 1 heterocycles. The molecule has 0 saturated carbocycles. The second kappa shape index (κ2) is 8.93. The first-order valence-electron chi connectivity index (χ1n) is 8.20. The summed E-state index contributed by atoms with van der Waals surface area (Å²) < 4.78 is 26.8. The van der Waals surface area contributed by atoms with Gasteiger partial charge in [0.2, 0.25) is 10.0 Å². The zero-order valence-electron chi connectivity index (χ0n) is 13.8. The average Bonchev–Trinajstić information content (AvgIpc) is 3.10. The molecule has 25 heavy (non-hydrogen) atoms. The molecule has 1 aliphatic heterocycles. The van der Waals surface area contributed by atoms with Crippen molar-refractivity contribution in [2.24, 2.45) is 0 Å². The maximum absolute atomic E-state index is 12.7. The number of aliphatic hydroxyl groups is 1. The first kappa shape index (κ1) is 19.4. The highest BCUT2D eigenvalue weighted by Crippen LogP contribution is 2.25. The Morgan fingerprint density at radius 3 is 2.52 bits per heavy atom. The lowest BCUT2D eigenvalue weighted by atomic mass is 10.2. The van der Waals surface area contributed by atoms with Crippen molar-refractivity contribution in [3.05, 3.63) is 30.3 Å². The summed E-state index contributed by atoms with van der Waals surface area (Å²) in [5, 5.41) is 13.5. The monoisotopic (exact) mass is 369 g/mol. The molecule has 1 aliphatic rings. The largest absolute Gasteiger partial charge is 0.396 e. The van der Waals surface area contributed by atoms with E-state index in [-0.39, 0.29) is 30.6 Å². The van der Waals surface area contributed by atoms with Crippen LogP contribution < -0.4 is 10.6 Å². The van der Waals surface area contributed by atoms with Gasteiger partial charge in [-0.15, -0.1) is 0 Å². The van der Waals surface area contributed by atoms with Gasteiger partial charge in [0.15, 0.2) is 0 Å². The summed E-state index contributed by atoms with van der Waals surface area (Å²) in [6, 6.07) is 7.78. The Hall–Kier alpha value is -1.97. The molecule has 1 fully saturated rings. The zero-order valence-corrected chi connectivity index (χ0v) is 14.7. The van der Waals surface area contributed by atoms with Crippen LogP contribution in [-0.2, 0) is 19.6 Å². The molecule has 8 nitrogen and oxygen atoms in total. The molecule has 2 amide bonds. The van der Waals surface area contributed by atoms with Gasteiger partial charge in [0, 0.05) is 32.3 Å². The van der Waals surface area contributed by atoms with Crippen LogP contribution in [0.5, 0.6) is 0 Å². The van der Waals surface area contributed by atoms with Gasteiger partial charge in [-0.05, 0) is 31.4 Å². The molecule has 0 bridgehead atoms. The van der Waals surface area contributed by atoms with Crippen molar-refractivity contribution in [1.29, 1.82) is 0 Å². The van der Waals surface area contributed by atoms with Gasteiger partial charge in [-0.3, -0.25) is 9.59 Å². The van der Waals surface area contributed by atoms with Crippen LogP contribution in [0.4, 0.5) is 0 Å². The Labute approximate surface area is 147 Å². The molecule has 3 N–H and O–H groups in total. The highest BCUT2D eigenvalue weighted by Gasteiger charge is 2.35. The van der Waals surface area contributed by atoms with Crippen LogP contribution in [0.3, 0.4) is 0 Å². The Bertz CT molecular complexity index is 693. The summed E-state index contributed by atoms with van der Waals surface area (Å²) in [5.74, 6) is -1.59. The van der Waals surface area contributed by atoms with Crippen molar-refractivity contribution in [1.82, 2.24) is 14.9 Å². The molecule has 0 radical (unpaired) electrons. The number of carbonyl (C=O) groups excluding carboxylic acids is 2. The summed E-state index contributed by atoms with van der Waals surface area (Å²) in [7, 11) is -3.62. The lowest BCUT2D eigenvalue weighted by Crippen LogP contribution is -2.47. The van der Waals surface area contributed by atoms with Gasteiger partial charge in [-0.1, -0.05) is 18.2 Å². The standard InChI is InChI=1S/C16H23N3O5S/c20-11-5-9-17-15(21)16(22)18-12-13-6-4-10-19(13)25(23,24)14-7-2-1-3-8-14/h1-3,7-8,13,20H,4-6,9-12H2,(H,17,21)(H,18,22)/t13-/m1/s1. The molecule has 9 heteroatoms. The minimum Gasteiger partial charge on any atom is -0.396 e. The molecule has 1 aromatic carbocycles. The normalized spacial score (nSPS) is 18.0. The lowest BCUT2D eigenvalue weighted by Gasteiger charge is -2.24. The minimum atomic E-state index is -3.62. The van der Waals surface area contributed by atoms with Crippen LogP contribution in [0.25, 0.3) is 0 Å². The van der Waals surface area contributed by atoms with Crippen LogP contribution in [0, 0.1) is 0 Å². The summed E-state index contributed by atoms with van der Waals surface area (Å²) >= 11 is 0. The molecule has 1 saturated heterocycles. The highest BCUT2D eigenvalue weighted by molar-refractivity contribution is 7.89. The van der Waals surface area contributed by atoms with Crippen molar-refractivity contribution in [2.45, 2.75) is 30.2 Å². The van der Waals surface area contributed by atoms with E-state index >= 15 is 0 Å². The van der Waals surface area contributed by atoms with Crippen LogP contribution >= 0.6 is 0 Å². The average molecular weight is 369 g/mol. The number of benzene rings is 1. The number of hydrogen-bond donors (Lipinski definition) is 3. The smallest absolute Gasteiger partial charge is 0.309 e. The van der Waals surface area contributed by atoms with E-state index in [2.05, 4.69) is 10.6 Å². The van der Waals surface area contributed by atoms with Crippen LogP contribution in [-0.4, -0.2) is 61.9 Å². The third-order valence-electron chi connectivity index (χ3n) is 4.00. The molecule has 0 aromatic heterocycles. The van der Waals surface area contributed by atoms with Gasteiger partial charge in [0.05, 0.1) is 4.90 Å². The van der Waals surface area contributed by atoms with Crippen molar-refractivity contribution in [3.63, 3.8) is 0 Å². The minimum absolute atomic E-state index is 0.0731. The van der Waals surface area contributed by atoms with Gasteiger partial charge in [-0.2, -0.15) is 4.31 Å². The fourth-order valence-electron chi connectivity index (χ4n) is 2.71. The number of nitrogens with zero attached hydrogens (tertiary/aromatic N) is 1. The number of nitrogens with one attached hydrogen (secondary N) is 2. The van der Waals surface area contributed by atoms with Gasteiger partial charge >= 0.3 is 11.8 Å². The predicted octanol–water partition coefficient (Wildman–Crippen LogP) is -0.545. The Balaban J connectivity index is 1.94. The number of hydrogen-bond acceptors (Lipinski definition) is 5. The third kappa shape index (κ3) is 5.00. The van der Waals surface area contributed by atoms with E-state index in [1.807, 2.05) is 0 Å². The Kier molecular flexibility index (Phi) is 6.91. The van der Waals surface area contributed by atoms with Crippen molar-refractivity contribution < 1.29 is 23.1 Å². The summed E-state index contributed by atoms with van der Waals surface area (Å²) in [5.41, 5.74) is 0. The molecule has 1 atom stereocenters. The first-order valence-corrected chi connectivity index (χ1v) is 9.64. The van der Waals surface area contributed by atoms with Crippen LogP contribution in [0.2, 0.25) is 0 Å². The van der Waals surface area contributed by atoms with Crippen molar-refractivity contribution in [3.8, 4) is 0 Å². The Morgan fingerprint density at radius 2 is 1.84 bits per heavy atom. The van der Waals surface area contributed by atoms with Crippen molar-refractivity contribution >= 4 is 21.8 Å². The van der Waals surface area contributed by atoms with Gasteiger partial charge in [0.25, 0.3) is 0 Å². The predicted molar refractivity (Wildman–Crippen MR) is 91.1 cm³/mol. The van der Waals surface area contributed by atoms with E-state index in [1.165, 1.54) is 16.4 Å².